The number of hydrogen-bond acceptors (Lipinski definition) is 4. The van der Waals surface area contributed by atoms with E-state index in [0.717, 1.165) is 0 Å². The molecule has 12 heteroatoms. The van der Waals surface area contributed by atoms with Gasteiger partial charge in [-0.05, 0) is 5.56 Å². The lowest BCUT2D eigenvalue weighted by atomic mass is 10.2. The highest BCUT2D eigenvalue weighted by Crippen LogP contribution is 2.29. The van der Waals surface area contributed by atoms with Gasteiger partial charge in [0.1, 0.15) is 6.04 Å². The summed E-state index contributed by atoms with van der Waals surface area (Å²) in [5.74, 6) is -14.4. The van der Waals surface area contributed by atoms with E-state index in [1.165, 1.54) is 0 Å². The van der Waals surface area contributed by atoms with E-state index < -0.39 is 62.6 Å². The van der Waals surface area contributed by atoms with E-state index in [4.69, 9.17) is 4.74 Å². The standard InChI is InChI=1S/C17H14F5NO5S/c1-23(10(17(24)25)8-28-7-9-5-3-2-4-6-9)29(26,27)16-14(21)12(19)11(18)13(20)15(16)22/h2-6,10H,7-8H2,1H3,(H,24,25)/t10-/m0/s1. The fourth-order valence-electron chi connectivity index (χ4n) is 2.32. The first-order chi connectivity index (χ1) is 13.5. The zero-order valence-electron chi connectivity index (χ0n) is 14.7. The first kappa shape index (κ1) is 22.7. The van der Waals surface area contributed by atoms with Crippen LogP contribution in [-0.2, 0) is 26.2 Å². The Morgan fingerprint density at radius 3 is 1.97 bits per heavy atom. The van der Waals surface area contributed by atoms with Gasteiger partial charge in [0.05, 0.1) is 13.2 Å². The van der Waals surface area contributed by atoms with Crippen LogP contribution < -0.4 is 0 Å². The fourth-order valence-corrected chi connectivity index (χ4v) is 3.72. The van der Waals surface area contributed by atoms with Crippen LogP contribution in [0.1, 0.15) is 5.56 Å². The van der Waals surface area contributed by atoms with Gasteiger partial charge in [0.2, 0.25) is 15.8 Å². The van der Waals surface area contributed by atoms with Gasteiger partial charge in [-0.3, -0.25) is 4.79 Å². The van der Waals surface area contributed by atoms with E-state index in [2.05, 4.69) is 0 Å². The summed E-state index contributed by atoms with van der Waals surface area (Å²) >= 11 is 0. The van der Waals surface area contributed by atoms with Crippen molar-refractivity contribution in [3.8, 4) is 0 Å². The van der Waals surface area contributed by atoms with Gasteiger partial charge < -0.3 is 9.84 Å². The fraction of sp³-hybridized carbons (Fsp3) is 0.235. The lowest BCUT2D eigenvalue weighted by Crippen LogP contribution is -2.45. The van der Waals surface area contributed by atoms with Crippen LogP contribution in [0, 0.1) is 29.1 Å². The number of carboxylic acid groups (broad SMARTS) is 1. The van der Waals surface area contributed by atoms with Gasteiger partial charge in [-0.2, -0.15) is 4.31 Å². The van der Waals surface area contributed by atoms with E-state index in [1.54, 1.807) is 30.3 Å². The Balaban J connectivity index is 2.34. The first-order valence-electron chi connectivity index (χ1n) is 7.84. The minimum absolute atomic E-state index is 0.0292. The maximum absolute atomic E-state index is 13.9. The molecule has 0 saturated heterocycles. The van der Waals surface area contributed by atoms with Crippen molar-refractivity contribution in [3.63, 3.8) is 0 Å². The minimum atomic E-state index is -5.43. The molecule has 2 aromatic carbocycles. The van der Waals surface area contributed by atoms with Crippen LogP contribution >= 0.6 is 0 Å². The Labute approximate surface area is 162 Å². The number of carbonyl (C=O) groups is 1. The molecule has 0 radical (unpaired) electrons. The molecule has 1 N–H and O–H groups in total. The van der Waals surface area contributed by atoms with Crippen LogP contribution in [-0.4, -0.2) is 43.5 Å². The lowest BCUT2D eigenvalue weighted by molar-refractivity contribution is -0.143. The molecule has 0 aliphatic heterocycles. The highest BCUT2D eigenvalue weighted by Gasteiger charge is 2.40. The Morgan fingerprint density at radius 1 is 1.00 bits per heavy atom. The van der Waals surface area contributed by atoms with Crippen molar-refractivity contribution in [1.82, 2.24) is 4.31 Å². The zero-order chi connectivity index (χ0) is 21.9. The highest BCUT2D eigenvalue weighted by atomic mass is 32.2. The molecule has 158 valence electrons. The third-order valence-corrected chi connectivity index (χ3v) is 5.80. The maximum Gasteiger partial charge on any atom is 0.324 e. The van der Waals surface area contributed by atoms with Gasteiger partial charge in [-0.25, -0.2) is 30.4 Å². The summed E-state index contributed by atoms with van der Waals surface area (Å²) in [5, 5.41) is 9.26. The number of likely N-dealkylation sites (N-methyl/N-ethyl adjacent to an activating group) is 1. The molecular weight excluding hydrogens is 425 g/mol. The molecular formula is C17H14F5NO5S. The molecule has 0 spiro atoms. The predicted octanol–water partition coefficient (Wildman–Crippen LogP) is 2.67. The van der Waals surface area contributed by atoms with Gasteiger partial charge in [0, 0.05) is 7.05 Å². The summed E-state index contributed by atoms with van der Waals surface area (Å²) in [6.45, 7) is -0.865. The number of aliphatic carboxylic acids is 1. The zero-order valence-corrected chi connectivity index (χ0v) is 15.5. The summed E-state index contributed by atoms with van der Waals surface area (Å²) in [6, 6.07) is 6.35. The molecule has 29 heavy (non-hydrogen) atoms. The largest absolute Gasteiger partial charge is 0.480 e. The third kappa shape index (κ3) is 4.54. The second-order valence-electron chi connectivity index (χ2n) is 5.78. The molecule has 1 atom stereocenters. The normalized spacial score (nSPS) is 12.9. The molecule has 6 nitrogen and oxygen atoms in total. The number of halogens is 5. The molecule has 0 heterocycles. The van der Waals surface area contributed by atoms with Crippen molar-refractivity contribution in [3.05, 3.63) is 65.0 Å². The van der Waals surface area contributed by atoms with Gasteiger partial charge in [-0.15, -0.1) is 0 Å². The van der Waals surface area contributed by atoms with Crippen molar-refractivity contribution in [2.75, 3.05) is 13.7 Å². The summed E-state index contributed by atoms with van der Waals surface area (Å²) in [6.07, 6.45) is 0. The van der Waals surface area contributed by atoms with E-state index in [1.807, 2.05) is 0 Å². The second-order valence-corrected chi connectivity index (χ2v) is 7.71. The van der Waals surface area contributed by atoms with Gasteiger partial charge in [0.25, 0.3) is 0 Å². The van der Waals surface area contributed by atoms with Crippen LogP contribution in [0.4, 0.5) is 22.0 Å². The third-order valence-electron chi connectivity index (χ3n) is 3.92. The predicted molar refractivity (Wildman–Crippen MR) is 88.7 cm³/mol. The van der Waals surface area contributed by atoms with Crippen LogP contribution in [0.3, 0.4) is 0 Å². The Morgan fingerprint density at radius 2 is 1.48 bits per heavy atom. The average molecular weight is 439 g/mol. The van der Waals surface area contributed by atoms with E-state index in [-0.39, 0.29) is 10.9 Å². The summed E-state index contributed by atoms with van der Waals surface area (Å²) in [7, 11) is -4.80. The van der Waals surface area contributed by atoms with Gasteiger partial charge >= 0.3 is 5.97 Å². The van der Waals surface area contributed by atoms with Crippen LogP contribution in [0.15, 0.2) is 35.2 Å². The molecule has 0 bridgehead atoms. The van der Waals surface area contributed by atoms with Crippen molar-refractivity contribution >= 4 is 16.0 Å². The molecule has 2 aromatic rings. The summed E-state index contributed by atoms with van der Waals surface area (Å²) in [4.78, 5) is 9.29. The molecule has 0 unspecified atom stereocenters. The molecule has 0 aliphatic carbocycles. The first-order valence-corrected chi connectivity index (χ1v) is 9.28. The van der Waals surface area contributed by atoms with E-state index in [9.17, 15) is 40.3 Å². The van der Waals surface area contributed by atoms with E-state index in [0.29, 0.717) is 12.6 Å². The number of sulfonamides is 1. The molecule has 0 amide bonds. The van der Waals surface area contributed by atoms with Gasteiger partial charge in [0.15, 0.2) is 28.2 Å². The van der Waals surface area contributed by atoms with Crippen LogP contribution in [0.2, 0.25) is 0 Å². The van der Waals surface area contributed by atoms with Crippen LogP contribution in [0.25, 0.3) is 0 Å². The number of rotatable bonds is 8. The van der Waals surface area contributed by atoms with Crippen molar-refractivity contribution in [1.29, 1.82) is 0 Å². The molecule has 0 saturated carbocycles. The quantitative estimate of drug-likeness (QED) is 0.389. The summed E-state index contributed by atoms with van der Waals surface area (Å²) < 4.78 is 97.6. The maximum atomic E-state index is 13.9. The van der Waals surface area contributed by atoms with Crippen molar-refractivity contribution in [2.24, 2.45) is 0 Å². The average Bonchev–Trinajstić information content (AvgIpc) is 2.68. The Kier molecular flexibility index (Phi) is 6.93. The van der Waals surface area contributed by atoms with Crippen molar-refractivity contribution < 1.29 is 45.0 Å². The molecule has 0 aliphatic rings. The minimum Gasteiger partial charge on any atom is -0.480 e. The topological polar surface area (TPSA) is 83.9 Å². The summed E-state index contributed by atoms with van der Waals surface area (Å²) in [5.41, 5.74) is 0.627. The molecule has 2 rings (SSSR count). The SMILES string of the molecule is CN([C@@H](COCc1ccccc1)C(=O)O)S(=O)(=O)c1c(F)c(F)c(F)c(F)c1F. The van der Waals surface area contributed by atoms with E-state index >= 15 is 0 Å². The number of carboxylic acids is 1. The smallest absolute Gasteiger partial charge is 0.324 e. The van der Waals surface area contributed by atoms with Crippen molar-refractivity contribution in [2.45, 2.75) is 17.5 Å². The highest BCUT2D eigenvalue weighted by molar-refractivity contribution is 7.89. The number of ether oxygens (including phenoxy) is 1. The Hall–Kier alpha value is -2.57. The second kappa shape index (κ2) is 8.84. The number of benzene rings is 2. The van der Waals surface area contributed by atoms with Gasteiger partial charge in [-0.1, -0.05) is 30.3 Å². The van der Waals surface area contributed by atoms with Crippen LogP contribution in [0.5, 0.6) is 0 Å². The molecule has 0 aromatic heterocycles. The molecule has 0 fully saturated rings. The lowest BCUT2D eigenvalue weighted by Gasteiger charge is -2.24. The number of hydrogen-bond donors (Lipinski definition) is 1. The Bertz CT molecular complexity index is 988. The number of nitrogens with zero attached hydrogens (tertiary/aromatic N) is 1. The monoisotopic (exact) mass is 439 g/mol.